The summed E-state index contributed by atoms with van der Waals surface area (Å²) in [6.45, 7) is 0. The molecule has 0 heteroatoms. The van der Waals surface area contributed by atoms with Crippen molar-refractivity contribution in [1.29, 1.82) is 0 Å². The summed E-state index contributed by atoms with van der Waals surface area (Å²) in [6, 6.07) is 66.5. The molecule has 0 saturated heterocycles. The minimum Gasteiger partial charge on any atom is -0.0622 e. The van der Waals surface area contributed by atoms with Gasteiger partial charge in [-0.3, -0.25) is 0 Å². The Morgan fingerprint density at radius 2 is 0.696 bits per heavy atom. The molecule has 0 nitrogen and oxygen atoms in total. The lowest BCUT2D eigenvalue weighted by atomic mass is 9.84. The van der Waals surface area contributed by atoms with E-state index in [0.717, 1.165) is 0 Å². The Labute approximate surface area is 268 Å². The van der Waals surface area contributed by atoms with Crippen molar-refractivity contribution in [3.63, 3.8) is 0 Å². The second-order valence-corrected chi connectivity index (χ2v) is 12.1. The number of hydrogen-bond acceptors (Lipinski definition) is 0. The molecule has 0 bridgehead atoms. The molecule has 0 atom stereocenters. The Kier molecular flexibility index (Phi) is 6.25. The molecule has 9 aromatic rings. The molecule has 0 fully saturated rings. The molecular formula is C46H30. The smallest absolute Gasteiger partial charge is 0.00201 e. The van der Waals surface area contributed by atoms with Crippen molar-refractivity contribution in [1.82, 2.24) is 0 Å². The van der Waals surface area contributed by atoms with Gasteiger partial charge in [0.2, 0.25) is 0 Å². The zero-order chi connectivity index (χ0) is 30.5. The molecule has 0 unspecified atom stereocenters. The highest BCUT2D eigenvalue weighted by atomic mass is 14.2. The van der Waals surface area contributed by atoms with E-state index in [1.807, 2.05) is 0 Å². The Bertz CT molecular complexity index is 2500. The lowest BCUT2D eigenvalue weighted by Crippen LogP contribution is -1.92. The van der Waals surface area contributed by atoms with Gasteiger partial charge in [-0.05, 0) is 99.7 Å². The van der Waals surface area contributed by atoms with Crippen molar-refractivity contribution in [2.24, 2.45) is 0 Å². The summed E-state index contributed by atoms with van der Waals surface area (Å²) in [5.41, 5.74) is 10.00. The highest BCUT2D eigenvalue weighted by molar-refractivity contribution is 6.23. The lowest BCUT2D eigenvalue weighted by molar-refractivity contribution is 1.63. The van der Waals surface area contributed by atoms with E-state index in [0.29, 0.717) is 0 Å². The largest absolute Gasteiger partial charge is 0.0622 e. The molecule has 0 radical (unpaired) electrons. The zero-order valence-corrected chi connectivity index (χ0v) is 25.3. The van der Waals surface area contributed by atoms with Crippen LogP contribution >= 0.6 is 0 Å². The SMILES string of the molecule is c1ccc(-c2ccc3cccc(-c4c5ccccc5c(-c5ccc(-c6ccc7ccccc7c6)cc5)c5ccccc45)c3c2)cc1. The first-order valence-electron chi connectivity index (χ1n) is 15.9. The van der Waals surface area contributed by atoms with E-state index in [9.17, 15) is 0 Å². The summed E-state index contributed by atoms with van der Waals surface area (Å²) in [6.07, 6.45) is 0. The first-order valence-corrected chi connectivity index (χ1v) is 15.9. The van der Waals surface area contributed by atoms with E-state index in [1.54, 1.807) is 0 Å². The molecule has 9 rings (SSSR count). The number of fused-ring (bicyclic) bond motifs is 4. The van der Waals surface area contributed by atoms with Gasteiger partial charge in [-0.1, -0.05) is 170 Å². The second-order valence-electron chi connectivity index (χ2n) is 12.1. The molecule has 9 aromatic carbocycles. The van der Waals surface area contributed by atoms with Crippen LogP contribution in [0.1, 0.15) is 0 Å². The van der Waals surface area contributed by atoms with Crippen LogP contribution in [0.5, 0.6) is 0 Å². The van der Waals surface area contributed by atoms with E-state index in [2.05, 4.69) is 182 Å². The average Bonchev–Trinajstić information content (AvgIpc) is 3.14. The molecule has 0 aliphatic carbocycles. The Balaban J connectivity index is 1.26. The highest BCUT2D eigenvalue weighted by Crippen LogP contribution is 2.45. The van der Waals surface area contributed by atoms with E-state index in [-0.39, 0.29) is 0 Å². The van der Waals surface area contributed by atoms with Gasteiger partial charge in [0.15, 0.2) is 0 Å². The predicted molar refractivity (Wildman–Crippen MR) is 198 cm³/mol. The van der Waals surface area contributed by atoms with Gasteiger partial charge in [-0.25, -0.2) is 0 Å². The van der Waals surface area contributed by atoms with Crippen LogP contribution < -0.4 is 0 Å². The molecule has 0 amide bonds. The van der Waals surface area contributed by atoms with Crippen LogP contribution in [-0.2, 0) is 0 Å². The third kappa shape index (κ3) is 4.38. The van der Waals surface area contributed by atoms with Crippen LogP contribution in [0.4, 0.5) is 0 Å². The maximum Gasteiger partial charge on any atom is -0.00201 e. The summed E-state index contributed by atoms with van der Waals surface area (Å²) in [4.78, 5) is 0. The van der Waals surface area contributed by atoms with Crippen LogP contribution in [0.2, 0.25) is 0 Å². The Morgan fingerprint density at radius 1 is 0.217 bits per heavy atom. The normalized spacial score (nSPS) is 11.5. The third-order valence-electron chi connectivity index (χ3n) is 9.45. The molecule has 0 aromatic heterocycles. The zero-order valence-electron chi connectivity index (χ0n) is 25.3. The maximum atomic E-state index is 2.36. The number of benzene rings is 9. The second kappa shape index (κ2) is 10.9. The lowest BCUT2D eigenvalue weighted by Gasteiger charge is -2.19. The predicted octanol–water partition coefficient (Wildman–Crippen LogP) is 13.0. The monoisotopic (exact) mass is 582 g/mol. The van der Waals surface area contributed by atoms with E-state index >= 15 is 0 Å². The van der Waals surface area contributed by atoms with Crippen LogP contribution in [0, 0.1) is 0 Å². The standard InChI is InChI=1S/C46H30/c1-2-11-31(12-3-1)38-28-24-34-15-10-20-43(44(34)30-38)46-41-18-8-6-16-39(41)45(40-17-7-9-19-42(40)46)35-25-21-33(22-26-35)37-27-23-32-13-4-5-14-36(32)29-37/h1-30H. The van der Waals surface area contributed by atoms with Crippen molar-refractivity contribution in [2.45, 2.75) is 0 Å². The van der Waals surface area contributed by atoms with E-state index in [1.165, 1.54) is 87.6 Å². The summed E-state index contributed by atoms with van der Waals surface area (Å²) in [5.74, 6) is 0. The molecule has 0 aliphatic rings. The summed E-state index contributed by atoms with van der Waals surface area (Å²) in [5, 5.41) is 10.1. The van der Waals surface area contributed by atoms with E-state index < -0.39 is 0 Å². The van der Waals surface area contributed by atoms with E-state index in [4.69, 9.17) is 0 Å². The fraction of sp³-hybridized carbons (Fsp3) is 0. The van der Waals surface area contributed by atoms with Crippen molar-refractivity contribution >= 4 is 43.1 Å². The van der Waals surface area contributed by atoms with Gasteiger partial charge < -0.3 is 0 Å². The minimum absolute atomic E-state index is 1.23. The summed E-state index contributed by atoms with van der Waals surface area (Å²) in [7, 11) is 0. The maximum absolute atomic E-state index is 2.36. The summed E-state index contributed by atoms with van der Waals surface area (Å²) < 4.78 is 0. The van der Waals surface area contributed by atoms with Gasteiger partial charge in [-0.15, -0.1) is 0 Å². The quantitative estimate of drug-likeness (QED) is 0.181. The first-order chi connectivity index (χ1) is 22.8. The van der Waals surface area contributed by atoms with Crippen molar-refractivity contribution in [2.75, 3.05) is 0 Å². The molecule has 214 valence electrons. The molecular weight excluding hydrogens is 553 g/mol. The summed E-state index contributed by atoms with van der Waals surface area (Å²) >= 11 is 0. The van der Waals surface area contributed by atoms with Gasteiger partial charge in [-0.2, -0.15) is 0 Å². The van der Waals surface area contributed by atoms with Crippen LogP contribution in [0.3, 0.4) is 0 Å². The van der Waals surface area contributed by atoms with Gasteiger partial charge in [0.25, 0.3) is 0 Å². The van der Waals surface area contributed by atoms with Crippen molar-refractivity contribution in [3.05, 3.63) is 182 Å². The van der Waals surface area contributed by atoms with Crippen LogP contribution in [0.15, 0.2) is 182 Å². The van der Waals surface area contributed by atoms with Gasteiger partial charge >= 0.3 is 0 Å². The fourth-order valence-electron chi connectivity index (χ4n) is 7.23. The van der Waals surface area contributed by atoms with Crippen molar-refractivity contribution < 1.29 is 0 Å². The first kappa shape index (κ1) is 26.4. The number of rotatable bonds is 4. The molecule has 0 saturated carbocycles. The molecule has 0 N–H and O–H groups in total. The highest BCUT2D eigenvalue weighted by Gasteiger charge is 2.18. The Morgan fingerprint density at radius 3 is 1.39 bits per heavy atom. The van der Waals surface area contributed by atoms with Gasteiger partial charge in [0.05, 0.1) is 0 Å². The fourth-order valence-corrected chi connectivity index (χ4v) is 7.23. The average molecular weight is 583 g/mol. The Hall–Kier alpha value is -5.98. The number of hydrogen-bond donors (Lipinski definition) is 0. The van der Waals surface area contributed by atoms with Gasteiger partial charge in [0.1, 0.15) is 0 Å². The molecule has 0 heterocycles. The third-order valence-corrected chi connectivity index (χ3v) is 9.45. The molecule has 46 heavy (non-hydrogen) atoms. The van der Waals surface area contributed by atoms with Crippen LogP contribution in [-0.4, -0.2) is 0 Å². The molecule has 0 aliphatic heterocycles. The molecule has 0 spiro atoms. The minimum atomic E-state index is 1.23. The van der Waals surface area contributed by atoms with Crippen molar-refractivity contribution in [3.8, 4) is 44.5 Å². The van der Waals surface area contributed by atoms with Crippen LogP contribution in [0.25, 0.3) is 87.6 Å². The van der Waals surface area contributed by atoms with Gasteiger partial charge in [0, 0.05) is 0 Å². The topological polar surface area (TPSA) is 0 Å².